The molecule has 0 radical (unpaired) electrons. The van der Waals surface area contributed by atoms with E-state index in [1.807, 2.05) is 43.5 Å². The largest absolute Gasteiger partial charge is 0.361 e. The lowest BCUT2D eigenvalue weighted by atomic mass is 10.00. The Morgan fingerprint density at radius 1 is 1.12 bits per heavy atom. The topological polar surface area (TPSA) is 73.9 Å². The highest BCUT2D eigenvalue weighted by atomic mass is 16.1. The van der Waals surface area contributed by atoms with Gasteiger partial charge in [0.05, 0.1) is 17.3 Å². The Balaban J connectivity index is 1.30. The molecule has 0 aliphatic carbocycles. The van der Waals surface area contributed by atoms with Gasteiger partial charge < -0.3 is 10.3 Å². The average molecular weight is 440 g/mol. The van der Waals surface area contributed by atoms with E-state index in [1.165, 1.54) is 23.8 Å². The van der Waals surface area contributed by atoms with Crippen LogP contribution in [-0.2, 0) is 13.1 Å². The second-order valence-electron chi connectivity index (χ2n) is 8.78. The first-order valence-electron chi connectivity index (χ1n) is 11.6. The molecule has 1 aliphatic heterocycles. The number of benzene rings is 2. The fourth-order valence-corrected chi connectivity index (χ4v) is 4.65. The summed E-state index contributed by atoms with van der Waals surface area (Å²) in [5.74, 6) is 0.678. The molecule has 0 spiro atoms. The number of aromatic nitrogens is 3. The van der Waals surface area contributed by atoms with Crippen LogP contribution in [-0.4, -0.2) is 32.3 Å². The molecule has 33 heavy (non-hydrogen) atoms. The Morgan fingerprint density at radius 3 is 2.85 bits per heavy atom. The SMILES string of the molecule is Cc1nc(C2CCCCN2Cc2ccc3[nH]ccc3c2)ncc1C(=O)NCc1ccccc1. The second kappa shape index (κ2) is 9.55. The van der Waals surface area contributed by atoms with E-state index in [4.69, 9.17) is 4.98 Å². The fourth-order valence-electron chi connectivity index (χ4n) is 4.65. The van der Waals surface area contributed by atoms with E-state index in [-0.39, 0.29) is 11.9 Å². The molecule has 1 unspecified atom stereocenters. The maximum absolute atomic E-state index is 12.7. The molecule has 1 atom stereocenters. The van der Waals surface area contributed by atoms with Crippen LogP contribution in [0.2, 0.25) is 0 Å². The molecule has 6 heteroatoms. The lowest BCUT2D eigenvalue weighted by molar-refractivity contribution is 0.0948. The number of hydrogen-bond acceptors (Lipinski definition) is 4. The van der Waals surface area contributed by atoms with Crippen LogP contribution in [0.3, 0.4) is 0 Å². The molecule has 0 saturated carbocycles. The van der Waals surface area contributed by atoms with Gasteiger partial charge in [-0.05, 0) is 61.0 Å². The summed E-state index contributed by atoms with van der Waals surface area (Å²) in [5, 5.41) is 4.21. The van der Waals surface area contributed by atoms with Crippen LogP contribution < -0.4 is 5.32 Å². The van der Waals surface area contributed by atoms with Gasteiger partial charge in [0, 0.05) is 31.0 Å². The number of amides is 1. The van der Waals surface area contributed by atoms with Crippen LogP contribution in [0.1, 0.15) is 58.3 Å². The summed E-state index contributed by atoms with van der Waals surface area (Å²) in [7, 11) is 0. The van der Waals surface area contributed by atoms with E-state index in [9.17, 15) is 4.79 Å². The summed E-state index contributed by atoms with van der Waals surface area (Å²) in [6.45, 7) is 4.28. The van der Waals surface area contributed by atoms with E-state index < -0.39 is 0 Å². The minimum absolute atomic E-state index is 0.136. The molecule has 2 aromatic heterocycles. The van der Waals surface area contributed by atoms with Gasteiger partial charge in [-0.25, -0.2) is 9.97 Å². The van der Waals surface area contributed by atoms with Gasteiger partial charge in [0.1, 0.15) is 5.82 Å². The van der Waals surface area contributed by atoms with Crippen LogP contribution in [0.15, 0.2) is 67.0 Å². The van der Waals surface area contributed by atoms with E-state index in [0.717, 1.165) is 42.1 Å². The molecule has 4 aromatic rings. The molecule has 168 valence electrons. The highest BCUT2D eigenvalue weighted by Gasteiger charge is 2.27. The van der Waals surface area contributed by atoms with Gasteiger partial charge in [-0.3, -0.25) is 9.69 Å². The lowest BCUT2D eigenvalue weighted by Gasteiger charge is -2.35. The number of likely N-dealkylation sites (tertiary alicyclic amines) is 1. The number of piperidine rings is 1. The summed E-state index contributed by atoms with van der Waals surface area (Å²) in [6, 6.07) is 18.8. The van der Waals surface area contributed by atoms with Gasteiger partial charge >= 0.3 is 0 Å². The zero-order valence-corrected chi connectivity index (χ0v) is 18.9. The van der Waals surface area contributed by atoms with E-state index >= 15 is 0 Å². The number of aromatic amines is 1. The fraction of sp³-hybridized carbons (Fsp3) is 0.296. The van der Waals surface area contributed by atoms with Crippen LogP contribution in [0.5, 0.6) is 0 Å². The third kappa shape index (κ3) is 4.81. The number of nitrogens with one attached hydrogen (secondary N) is 2. The first-order chi connectivity index (χ1) is 16.2. The molecular formula is C27H29N5O. The van der Waals surface area contributed by atoms with E-state index in [2.05, 4.69) is 44.5 Å². The van der Waals surface area contributed by atoms with Crippen molar-refractivity contribution in [3.8, 4) is 0 Å². The van der Waals surface area contributed by atoms with Crippen molar-refractivity contribution in [2.24, 2.45) is 0 Å². The Labute approximate surface area is 194 Å². The molecular weight excluding hydrogens is 410 g/mol. The van der Waals surface area contributed by atoms with Crippen molar-refractivity contribution in [1.29, 1.82) is 0 Å². The Hall–Kier alpha value is -3.51. The Bertz CT molecular complexity index is 1250. The predicted molar refractivity (Wildman–Crippen MR) is 130 cm³/mol. The van der Waals surface area contributed by atoms with Crippen molar-refractivity contribution in [1.82, 2.24) is 25.2 Å². The summed E-state index contributed by atoms with van der Waals surface area (Å²) >= 11 is 0. The van der Waals surface area contributed by atoms with Crippen molar-refractivity contribution >= 4 is 16.8 Å². The molecule has 5 rings (SSSR count). The minimum atomic E-state index is -0.136. The number of H-pyrrole nitrogens is 1. The summed E-state index contributed by atoms with van der Waals surface area (Å²) in [5.41, 5.74) is 4.79. The molecule has 2 aromatic carbocycles. The highest BCUT2D eigenvalue weighted by Crippen LogP contribution is 2.31. The number of nitrogens with zero attached hydrogens (tertiary/aromatic N) is 3. The van der Waals surface area contributed by atoms with Gasteiger partial charge in [-0.1, -0.05) is 42.8 Å². The smallest absolute Gasteiger partial charge is 0.254 e. The molecule has 1 amide bonds. The number of fused-ring (bicyclic) bond motifs is 1. The minimum Gasteiger partial charge on any atom is -0.361 e. The number of aryl methyl sites for hydroxylation is 1. The highest BCUT2D eigenvalue weighted by molar-refractivity contribution is 5.94. The zero-order chi connectivity index (χ0) is 22.6. The maximum atomic E-state index is 12.7. The van der Waals surface area contributed by atoms with Crippen LogP contribution in [0.4, 0.5) is 0 Å². The first kappa shape index (κ1) is 21.3. The number of hydrogen-bond donors (Lipinski definition) is 2. The standard InChI is InChI=1S/C27H29N5O/c1-19-23(27(33)30-16-20-7-3-2-4-8-20)17-29-26(31-19)25-9-5-6-14-32(25)18-21-10-11-24-22(15-21)12-13-28-24/h2-4,7-8,10-13,15,17,25,28H,5-6,9,14,16,18H2,1H3,(H,30,33). The maximum Gasteiger partial charge on any atom is 0.254 e. The van der Waals surface area contributed by atoms with Crippen LogP contribution >= 0.6 is 0 Å². The van der Waals surface area contributed by atoms with Gasteiger partial charge in [-0.2, -0.15) is 0 Å². The monoisotopic (exact) mass is 439 g/mol. The summed E-state index contributed by atoms with van der Waals surface area (Å²) in [6.07, 6.45) is 7.05. The predicted octanol–water partition coefficient (Wildman–Crippen LogP) is 4.92. The number of carbonyl (C=O) groups excluding carboxylic acids is 1. The first-order valence-corrected chi connectivity index (χ1v) is 11.6. The third-order valence-electron chi connectivity index (χ3n) is 6.45. The van der Waals surface area contributed by atoms with Crippen molar-refractivity contribution < 1.29 is 4.79 Å². The lowest BCUT2D eigenvalue weighted by Crippen LogP contribution is -2.34. The van der Waals surface area contributed by atoms with Gasteiger partial charge in [0.15, 0.2) is 0 Å². The van der Waals surface area contributed by atoms with E-state index in [1.54, 1.807) is 6.20 Å². The normalized spacial score (nSPS) is 16.7. The van der Waals surface area contributed by atoms with Crippen molar-refractivity contribution in [3.05, 3.63) is 95.2 Å². The zero-order valence-electron chi connectivity index (χ0n) is 18.9. The quantitative estimate of drug-likeness (QED) is 0.447. The molecule has 1 saturated heterocycles. The van der Waals surface area contributed by atoms with Crippen molar-refractivity contribution in [2.45, 2.75) is 45.3 Å². The van der Waals surface area contributed by atoms with Crippen LogP contribution in [0.25, 0.3) is 10.9 Å². The van der Waals surface area contributed by atoms with Crippen molar-refractivity contribution in [3.63, 3.8) is 0 Å². The summed E-state index contributed by atoms with van der Waals surface area (Å²) in [4.78, 5) is 27.9. The van der Waals surface area contributed by atoms with Gasteiger partial charge in [0.2, 0.25) is 0 Å². The molecule has 6 nitrogen and oxygen atoms in total. The van der Waals surface area contributed by atoms with E-state index in [0.29, 0.717) is 12.1 Å². The number of rotatable bonds is 6. The third-order valence-corrected chi connectivity index (χ3v) is 6.45. The average Bonchev–Trinajstić information content (AvgIpc) is 3.31. The molecule has 1 fully saturated rings. The molecule has 0 bridgehead atoms. The second-order valence-corrected chi connectivity index (χ2v) is 8.78. The summed E-state index contributed by atoms with van der Waals surface area (Å²) < 4.78 is 0. The van der Waals surface area contributed by atoms with Gasteiger partial charge in [0.25, 0.3) is 5.91 Å². The Morgan fingerprint density at radius 2 is 2.00 bits per heavy atom. The van der Waals surface area contributed by atoms with Crippen LogP contribution in [0, 0.1) is 6.92 Å². The molecule has 2 N–H and O–H groups in total. The van der Waals surface area contributed by atoms with Gasteiger partial charge in [-0.15, -0.1) is 0 Å². The van der Waals surface area contributed by atoms with Crippen molar-refractivity contribution in [2.75, 3.05) is 6.54 Å². The molecule has 1 aliphatic rings. The molecule has 3 heterocycles. The Kier molecular flexibility index (Phi) is 6.17. The number of carbonyl (C=O) groups is 1.